The van der Waals surface area contributed by atoms with Crippen molar-refractivity contribution in [2.24, 2.45) is 0 Å². The van der Waals surface area contributed by atoms with Crippen molar-refractivity contribution >= 4 is 31.3 Å². The molecule has 25 heavy (non-hydrogen) atoms. The lowest BCUT2D eigenvalue weighted by Gasteiger charge is -2.30. The zero-order valence-corrected chi connectivity index (χ0v) is 15.4. The molecule has 0 radical (unpaired) electrons. The standard InChI is InChI=1S/C6H12O15P4/c7-22(8)15-1-3-5(18-24(11,12)20-22)6-4(17-3)2-16-23(9,10)21-25(13,14)19-6/h3-6H,1-2H2,(H,7,8)(H,9,10)(H,11,12)(H,13,14)/t3-,4-,5-,6-/m1/s1. The third-order valence-electron chi connectivity index (χ3n) is 3.13. The topological polar surface area (TPSA) is 214 Å². The van der Waals surface area contributed by atoms with Crippen LogP contribution in [0, 0.1) is 0 Å². The van der Waals surface area contributed by atoms with Crippen molar-refractivity contribution < 1.29 is 69.3 Å². The van der Waals surface area contributed by atoms with E-state index in [9.17, 15) is 37.8 Å². The van der Waals surface area contributed by atoms with Gasteiger partial charge in [0.1, 0.15) is 24.4 Å². The lowest BCUT2D eigenvalue weighted by molar-refractivity contribution is -0.0449. The van der Waals surface area contributed by atoms with Crippen molar-refractivity contribution in [3.05, 3.63) is 0 Å². The first-order valence-corrected chi connectivity index (χ1v) is 12.3. The molecule has 3 heterocycles. The van der Waals surface area contributed by atoms with Gasteiger partial charge in [0, 0.05) is 0 Å². The van der Waals surface area contributed by atoms with E-state index in [2.05, 4.69) is 17.7 Å². The van der Waals surface area contributed by atoms with Gasteiger partial charge < -0.3 is 24.3 Å². The Morgan fingerprint density at radius 2 is 1.00 bits per heavy atom. The van der Waals surface area contributed by atoms with E-state index < -0.39 is 68.9 Å². The average molecular weight is 448 g/mol. The average Bonchev–Trinajstić information content (AvgIpc) is 2.66. The van der Waals surface area contributed by atoms with E-state index in [-0.39, 0.29) is 0 Å². The van der Waals surface area contributed by atoms with Crippen molar-refractivity contribution in [1.82, 2.24) is 0 Å². The number of hydrogen-bond acceptors (Lipinski definition) is 11. The first-order valence-electron chi connectivity index (χ1n) is 6.33. The highest BCUT2D eigenvalue weighted by Crippen LogP contribution is 2.66. The predicted octanol–water partition coefficient (Wildman–Crippen LogP) is 0.0194. The molecular weight excluding hydrogens is 436 g/mol. The van der Waals surface area contributed by atoms with E-state index in [0.717, 1.165) is 0 Å². The summed E-state index contributed by atoms with van der Waals surface area (Å²) in [5, 5.41) is 0. The van der Waals surface area contributed by atoms with Crippen molar-refractivity contribution in [3.63, 3.8) is 0 Å². The van der Waals surface area contributed by atoms with Crippen LogP contribution in [-0.2, 0) is 49.7 Å². The second-order valence-electron chi connectivity index (χ2n) is 4.98. The fourth-order valence-electron chi connectivity index (χ4n) is 2.32. The molecule has 0 aromatic carbocycles. The molecule has 0 bridgehead atoms. The molecule has 3 saturated heterocycles. The first kappa shape index (κ1) is 20.2. The van der Waals surface area contributed by atoms with Crippen molar-refractivity contribution in [3.8, 4) is 0 Å². The van der Waals surface area contributed by atoms with Crippen LogP contribution in [0.4, 0.5) is 0 Å². The number of ether oxygens (including phenoxy) is 1. The van der Waals surface area contributed by atoms with E-state index in [1.54, 1.807) is 0 Å². The summed E-state index contributed by atoms with van der Waals surface area (Å²) in [4.78, 5) is 37.5. The number of fused-ring (bicyclic) bond motifs is 3. The van der Waals surface area contributed by atoms with Crippen LogP contribution in [0.2, 0.25) is 0 Å². The summed E-state index contributed by atoms with van der Waals surface area (Å²) in [6.45, 7) is -1.38. The Balaban J connectivity index is 1.91. The maximum atomic E-state index is 11.8. The van der Waals surface area contributed by atoms with Gasteiger partial charge in [0.25, 0.3) is 0 Å². The summed E-state index contributed by atoms with van der Waals surface area (Å²) in [7, 11) is -20.2. The van der Waals surface area contributed by atoms with Crippen LogP contribution in [0.3, 0.4) is 0 Å². The van der Waals surface area contributed by atoms with Crippen molar-refractivity contribution in [2.75, 3.05) is 13.2 Å². The first-order chi connectivity index (χ1) is 11.3. The van der Waals surface area contributed by atoms with Crippen LogP contribution in [0.15, 0.2) is 0 Å². The molecule has 3 aliphatic rings. The van der Waals surface area contributed by atoms with Crippen LogP contribution in [-0.4, -0.2) is 57.2 Å². The Bertz CT molecular complexity index is 674. The molecule has 15 nitrogen and oxygen atoms in total. The van der Waals surface area contributed by atoms with Crippen molar-refractivity contribution in [2.45, 2.75) is 24.4 Å². The Morgan fingerprint density at radius 3 is 1.36 bits per heavy atom. The van der Waals surface area contributed by atoms with E-state index in [1.165, 1.54) is 0 Å². The summed E-state index contributed by atoms with van der Waals surface area (Å²) in [6, 6.07) is 0. The number of phosphoric acid groups is 4. The molecule has 4 N–H and O–H groups in total. The minimum atomic E-state index is -5.16. The highest BCUT2D eigenvalue weighted by molar-refractivity contribution is 7.61. The summed E-state index contributed by atoms with van der Waals surface area (Å²) in [6.07, 6.45) is -5.85. The Labute approximate surface area is 139 Å². The van der Waals surface area contributed by atoms with Gasteiger partial charge in [-0.2, -0.15) is 8.62 Å². The van der Waals surface area contributed by atoms with E-state index >= 15 is 0 Å². The molecule has 0 aromatic rings. The fraction of sp³-hybridized carbons (Fsp3) is 1.00. The largest absolute Gasteiger partial charge is 0.481 e. The zero-order valence-electron chi connectivity index (χ0n) is 11.8. The fourth-order valence-corrected chi connectivity index (χ4v) is 6.88. The summed E-state index contributed by atoms with van der Waals surface area (Å²) >= 11 is 0. The Morgan fingerprint density at radius 1 is 0.640 bits per heavy atom. The minimum absolute atomic E-state index is 0.692. The molecule has 146 valence electrons. The number of hydrogen-bond donors (Lipinski definition) is 4. The summed E-state index contributed by atoms with van der Waals surface area (Å²) in [5.41, 5.74) is 0. The summed E-state index contributed by atoms with van der Waals surface area (Å²) < 4.78 is 78.0. The van der Waals surface area contributed by atoms with Crippen LogP contribution < -0.4 is 0 Å². The third-order valence-corrected chi connectivity index (χ3v) is 8.40. The Kier molecular flexibility index (Phi) is 5.28. The maximum absolute atomic E-state index is 11.8. The molecule has 3 aliphatic heterocycles. The predicted molar refractivity (Wildman–Crippen MR) is 71.8 cm³/mol. The molecule has 3 rings (SSSR count). The molecule has 3 fully saturated rings. The SMILES string of the molecule is O=P1(O)OC[C@H]2O[C@@H]3COP(=O)(O)OP(=O)(O)O[C@H]3[C@@H]2OP(=O)(O)O1. The van der Waals surface area contributed by atoms with Gasteiger partial charge in [-0.1, -0.05) is 0 Å². The molecule has 19 heteroatoms. The highest BCUT2D eigenvalue weighted by atomic mass is 31.3. The van der Waals surface area contributed by atoms with Gasteiger partial charge in [0.2, 0.25) is 0 Å². The van der Waals surface area contributed by atoms with E-state index in [4.69, 9.17) is 13.8 Å². The van der Waals surface area contributed by atoms with Gasteiger partial charge in [-0.05, 0) is 0 Å². The summed E-state index contributed by atoms with van der Waals surface area (Å²) in [5.74, 6) is 0. The molecule has 0 saturated carbocycles. The van der Waals surface area contributed by atoms with Crippen LogP contribution in [0.1, 0.15) is 0 Å². The monoisotopic (exact) mass is 448 g/mol. The second kappa shape index (κ2) is 6.52. The molecule has 0 spiro atoms. The quantitative estimate of drug-likeness (QED) is 0.360. The zero-order chi connectivity index (χ0) is 18.7. The second-order valence-corrected chi connectivity index (χ2v) is 11.0. The molecule has 0 amide bonds. The molecule has 0 aliphatic carbocycles. The molecule has 8 atom stereocenters. The third kappa shape index (κ3) is 4.85. The Hall–Kier alpha value is 0.480. The van der Waals surface area contributed by atoms with Crippen LogP contribution in [0.25, 0.3) is 0 Å². The van der Waals surface area contributed by atoms with Crippen LogP contribution in [0.5, 0.6) is 0 Å². The van der Waals surface area contributed by atoms with E-state index in [0.29, 0.717) is 0 Å². The van der Waals surface area contributed by atoms with Crippen molar-refractivity contribution in [1.29, 1.82) is 0 Å². The van der Waals surface area contributed by atoms with Gasteiger partial charge in [-0.3, -0.25) is 18.1 Å². The number of rotatable bonds is 0. The molecular formula is C6H12O15P4. The highest BCUT2D eigenvalue weighted by Gasteiger charge is 2.57. The van der Waals surface area contributed by atoms with Gasteiger partial charge in [0.15, 0.2) is 0 Å². The minimum Gasteiger partial charge on any atom is -0.364 e. The van der Waals surface area contributed by atoms with Gasteiger partial charge in [0.05, 0.1) is 13.2 Å². The van der Waals surface area contributed by atoms with Gasteiger partial charge in [-0.15, -0.1) is 0 Å². The lowest BCUT2D eigenvalue weighted by Crippen LogP contribution is -2.40. The maximum Gasteiger partial charge on any atom is 0.481 e. The lowest BCUT2D eigenvalue weighted by atomic mass is 10.1. The normalized spacial score (nSPS) is 57.4. The molecule has 0 aromatic heterocycles. The van der Waals surface area contributed by atoms with Gasteiger partial charge in [-0.25, -0.2) is 18.3 Å². The van der Waals surface area contributed by atoms with Gasteiger partial charge >= 0.3 is 31.3 Å². The van der Waals surface area contributed by atoms with E-state index in [1.807, 2.05) is 0 Å². The molecule has 4 unspecified atom stereocenters. The number of phosphoric ester groups is 4. The van der Waals surface area contributed by atoms with Crippen LogP contribution >= 0.6 is 31.3 Å². The smallest absolute Gasteiger partial charge is 0.364 e.